The maximum atomic E-state index is 11.0. The largest absolute Gasteiger partial charge is 0.457 e. The molecule has 0 radical (unpaired) electrons. The van der Waals surface area contributed by atoms with E-state index in [1.165, 1.54) is 12.1 Å². The molecule has 1 N–H and O–H groups in total. The van der Waals surface area contributed by atoms with E-state index in [1.54, 1.807) is 0 Å². The van der Waals surface area contributed by atoms with Crippen LogP contribution in [0.5, 0.6) is 0 Å². The molecular weight excluding hydrogens is 254 g/mol. The Morgan fingerprint density at radius 3 is 2.06 bits per heavy atom. The second-order valence-corrected chi connectivity index (χ2v) is 3.91. The van der Waals surface area contributed by atoms with E-state index in [0.29, 0.717) is 6.54 Å². The Morgan fingerprint density at radius 1 is 1.11 bits per heavy atom. The van der Waals surface area contributed by atoms with Gasteiger partial charge in [0.05, 0.1) is 0 Å². The van der Waals surface area contributed by atoms with Crippen molar-refractivity contribution in [1.82, 2.24) is 5.32 Å². The lowest BCUT2D eigenvalue weighted by molar-refractivity contribution is 0.0928. The van der Waals surface area contributed by atoms with Crippen molar-refractivity contribution in [1.29, 1.82) is 0 Å². The standard InChI is InChI=1S/C7H8ClNO2.C6H4O/c1-2-9-7(10)5-3-4-6(8)11-5;1-2-6-4-3-5(1)7-6/h3-4H,2H2,1H3,(H,9,10);1-4H. The van der Waals surface area contributed by atoms with Crippen molar-refractivity contribution in [2.24, 2.45) is 0 Å². The van der Waals surface area contributed by atoms with Gasteiger partial charge in [-0.05, 0) is 54.9 Å². The van der Waals surface area contributed by atoms with Gasteiger partial charge in [-0.25, -0.2) is 0 Å². The molecule has 0 unspecified atom stereocenters. The summed E-state index contributed by atoms with van der Waals surface area (Å²) in [6, 6.07) is 10.9. The van der Waals surface area contributed by atoms with E-state index in [0.717, 1.165) is 11.2 Å². The highest BCUT2D eigenvalue weighted by molar-refractivity contribution is 6.29. The molecule has 3 heterocycles. The predicted molar refractivity (Wildman–Crippen MR) is 69.1 cm³/mol. The molecule has 0 saturated heterocycles. The number of carbonyl (C=O) groups is 1. The van der Waals surface area contributed by atoms with Crippen molar-refractivity contribution in [3.63, 3.8) is 0 Å². The molecule has 0 spiro atoms. The molecule has 4 nitrogen and oxygen atoms in total. The Balaban J connectivity index is 0.000000146. The molecule has 0 aromatic carbocycles. The molecule has 0 aliphatic rings. The van der Waals surface area contributed by atoms with E-state index < -0.39 is 0 Å². The first-order valence-corrected chi connectivity index (χ1v) is 5.88. The Kier molecular flexibility index (Phi) is 3.89. The van der Waals surface area contributed by atoms with Gasteiger partial charge in [-0.3, -0.25) is 4.79 Å². The number of carbonyl (C=O) groups excluding carboxylic acids is 1. The van der Waals surface area contributed by atoms with Crippen molar-refractivity contribution in [2.45, 2.75) is 6.92 Å². The Morgan fingerprint density at radius 2 is 1.72 bits per heavy atom. The van der Waals surface area contributed by atoms with Crippen LogP contribution in [0.15, 0.2) is 45.2 Å². The van der Waals surface area contributed by atoms with Crippen molar-refractivity contribution in [3.8, 4) is 0 Å². The summed E-state index contributed by atoms with van der Waals surface area (Å²) in [5.74, 6) is 0.0104. The number of fused-ring (bicyclic) bond motifs is 2. The number of hydrogen-bond acceptors (Lipinski definition) is 3. The van der Waals surface area contributed by atoms with Crippen LogP contribution in [0.25, 0.3) is 11.2 Å². The van der Waals surface area contributed by atoms with Crippen LogP contribution in [-0.2, 0) is 0 Å². The zero-order valence-corrected chi connectivity index (χ0v) is 10.5. The zero-order chi connectivity index (χ0) is 13.0. The van der Waals surface area contributed by atoms with Gasteiger partial charge in [-0.2, -0.15) is 0 Å². The normalized spacial score (nSPS) is 10.1. The summed E-state index contributed by atoms with van der Waals surface area (Å²) in [5.41, 5.74) is 1.94. The lowest BCUT2D eigenvalue weighted by atomic mass is 10.4. The number of amides is 1. The topological polar surface area (TPSA) is 55.4 Å². The fourth-order valence-corrected chi connectivity index (χ4v) is 1.54. The molecule has 18 heavy (non-hydrogen) atoms. The maximum Gasteiger partial charge on any atom is 0.287 e. The summed E-state index contributed by atoms with van der Waals surface area (Å²) >= 11 is 5.46. The third kappa shape index (κ3) is 3.05. The van der Waals surface area contributed by atoms with E-state index in [1.807, 2.05) is 31.2 Å². The van der Waals surface area contributed by atoms with Gasteiger partial charge in [0.1, 0.15) is 11.2 Å². The number of rotatable bonds is 2. The molecule has 3 aromatic rings. The fourth-order valence-electron chi connectivity index (χ4n) is 1.40. The Bertz CT molecular complexity index is 569. The van der Waals surface area contributed by atoms with Gasteiger partial charge in [0.2, 0.25) is 0 Å². The van der Waals surface area contributed by atoms with Gasteiger partial charge in [0, 0.05) is 6.54 Å². The number of furan rings is 3. The van der Waals surface area contributed by atoms with E-state index in [-0.39, 0.29) is 16.9 Å². The van der Waals surface area contributed by atoms with Crippen LogP contribution >= 0.6 is 11.6 Å². The molecule has 0 fully saturated rings. The van der Waals surface area contributed by atoms with Crippen LogP contribution < -0.4 is 5.32 Å². The molecular formula is C13H12ClNO3. The lowest BCUT2D eigenvalue weighted by Crippen LogP contribution is -2.21. The van der Waals surface area contributed by atoms with Gasteiger partial charge >= 0.3 is 0 Å². The smallest absolute Gasteiger partial charge is 0.287 e. The zero-order valence-electron chi connectivity index (χ0n) is 9.77. The van der Waals surface area contributed by atoms with Crippen molar-refractivity contribution < 1.29 is 13.6 Å². The summed E-state index contributed by atoms with van der Waals surface area (Å²) in [6.45, 7) is 2.42. The molecule has 94 valence electrons. The minimum Gasteiger partial charge on any atom is -0.457 e. The first kappa shape index (κ1) is 12.5. The fraction of sp³-hybridized carbons (Fsp3) is 0.154. The molecule has 2 bridgehead atoms. The first-order valence-electron chi connectivity index (χ1n) is 5.50. The third-order valence-corrected chi connectivity index (χ3v) is 2.40. The molecule has 0 atom stereocenters. The monoisotopic (exact) mass is 265 g/mol. The van der Waals surface area contributed by atoms with Crippen molar-refractivity contribution >= 4 is 28.7 Å². The van der Waals surface area contributed by atoms with Gasteiger partial charge in [0.25, 0.3) is 5.91 Å². The van der Waals surface area contributed by atoms with E-state index in [2.05, 4.69) is 5.32 Å². The van der Waals surface area contributed by atoms with Gasteiger partial charge in [-0.1, -0.05) is 0 Å². The molecule has 0 aliphatic heterocycles. The second kappa shape index (κ2) is 5.60. The summed E-state index contributed by atoms with van der Waals surface area (Å²) in [4.78, 5) is 11.0. The highest BCUT2D eigenvalue weighted by Crippen LogP contribution is 2.13. The van der Waals surface area contributed by atoms with Crippen LogP contribution in [-0.4, -0.2) is 12.5 Å². The van der Waals surface area contributed by atoms with Gasteiger partial charge < -0.3 is 14.2 Å². The summed E-state index contributed by atoms with van der Waals surface area (Å²) in [5, 5.41) is 2.81. The predicted octanol–water partition coefficient (Wildman–Crippen LogP) is 3.55. The maximum absolute atomic E-state index is 11.0. The SMILES string of the molecule is CCNC(=O)c1ccc(Cl)o1.c1cc2ccc1o2. The quantitative estimate of drug-likeness (QED) is 0.771. The molecule has 1 amide bonds. The molecule has 0 saturated carbocycles. The van der Waals surface area contributed by atoms with Gasteiger partial charge in [-0.15, -0.1) is 0 Å². The molecule has 5 heteroatoms. The average Bonchev–Trinajstić information content (AvgIpc) is 3.06. The Hall–Kier alpha value is -1.94. The van der Waals surface area contributed by atoms with Crippen LogP contribution in [0, 0.1) is 0 Å². The average molecular weight is 266 g/mol. The summed E-state index contributed by atoms with van der Waals surface area (Å²) < 4.78 is 9.93. The number of benzene rings is 1. The Labute approximate surface area is 109 Å². The molecule has 0 aliphatic carbocycles. The van der Waals surface area contributed by atoms with Crippen molar-refractivity contribution in [2.75, 3.05) is 6.54 Å². The number of halogens is 1. The molecule has 3 aromatic heterocycles. The molecule has 3 rings (SSSR count). The van der Waals surface area contributed by atoms with E-state index in [9.17, 15) is 4.79 Å². The summed E-state index contributed by atoms with van der Waals surface area (Å²) in [7, 11) is 0. The van der Waals surface area contributed by atoms with E-state index in [4.69, 9.17) is 20.4 Å². The van der Waals surface area contributed by atoms with Gasteiger partial charge in [0.15, 0.2) is 11.0 Å². The minimum atomic E-state index is -0.237. The highest BCUT2D eigenvalue weighted by atomic mass is 35.5. The highest BCUT2D eigenvalue weighted by Gasteiger charge is 2.07. The number of nitrogens with one attached hydrogen (secondary N) is 1. The minimum absolute atomic E-state index is 0.228. The van der Waals surface area contributed by atoms with Crippen LogP contribution in [0.4, 0.5) is 0 Å². The summed E-state index contributed by atoms with van der Waals surface area (Å²) in [6.07, 6.45) is 0. The van der Waals surface area contributed by atoms with Crippen LogP contribution in [0.3, 0.4) is 0 Å². The van der Waals surface area contributed by atoms with Crippen LogP contribution in [0.2, 0.25) is 5.22 Å². The second-order valence-electron chi connectivity index (χ2n) is 3.54. The van der Waals surface area contributed by atoms with Crippen LogP contribution in [0.1, 0.15) is 17.5 Å². The third-order valence-electron chi connectivity index (χ3n) is 2.19. The first-order chi connectivity index (χ1) is 8.69. The lowest BCUT2D eigenvalue weighted by Gasteiger charge is -1.95. The van der Waals surface area contributed by atoms with E-state index >= 15 is 0 Å². The number of hydrogen-bond donors (Lipinski definition) is 1. The van der Waals surface area contributed by atoms with Crippen molar-refractivity contribution in [3.05, 3.63) is 47.4 Å².